The summed E-state index contributed by atoms with van der Waals surface area (Å²) < 4.78 is 21.9. The van der Waals surface area contributed by atoms with Gasteiger partial charge < -0.3 is 30.2 Å². The molecule has 0 unspecified atom stereocenters. The van der Waals surface area contributed by atoms with Gasteiger partial charge in [0.1, 0.15) is 11.6 Å². The predicted octanol–water partition coefficient (Wildman–Crippen LogP) is 4.70. The molecule has 0 saturated carbocycles. The normalized spacial score (nSPS) is 10.9. The molecule has 38 heavy (non-hydrogen) atoms. The molecule has 0 radical (unpaired) electrons. The SMILES string of the molecule is C=CC(=O)Nc1cc(Nc2nccc(-c3cn(C)c4ccc(F)cc34)n2)c(OCC)cc1N(C)CCNC. The fourth-order valence-electron chi connectivity index (χ4n) is 4.20. The van der Waals surface area contributed by atoms with Crippen LogP contribution in [-0.4, -0.2) is 54.2 Å². The van der Waals surface area contributed by atoms with Gasteiger partial charge in [-0.05, 0) is 50.4 Å². The van der Waals surface area contributed by atoms with Crippen LogP contribution >= 0.6 is 0 Å². The number of rotatable bonds is 11. The smallest absolute Gasteiger partial charge is 0.247 e. The minimum Gasteiger partial charge on any atom is -0.492 e. The number of nitrogens with zero attached hydrogens (tertiary/aromatic N) is 4. The predicted molar refractivity (Wildman–Crippen MR) is 151 cm³/mol. The molecule has 0 spiro atoms. The zero-order chi connectivity index (χ0) is 27.2. The van der Waals surface area contributed by atoms with Crippen molar-refractivity contribution in [1.82, 2.24) is 19.9 Å². The maximum atomic E-state index is 14.0. The van der Waals surface area contributed by atoms with E-state index in [0.717, 1.165) is 28.7 Å². The number of carbonyl (C=O) groups is 1. The highest BCUT2D eigenvalue weighted by Gasteiger charge is 2.17. The van der Waals surface area contributed by atoms with E-state index in [1.54, 1.807) is 24.4 Å². The number of benzene rings is 2. The lowest BCUT2D eigenvalue weighted by Gasteiger charge is -2.25. The minimum atomic E-state index is -0.329. The Morgan fingerprint density at radius 1 is 1.24 bits per heavy atom. The fourth-order valence-corrected chi connectivity index (χ4v) is 4.20. The Labute approximate surface area is 221 Å². The van der Waals surface area contributed by atoms with Crippen molar-refractivity contribution < 1.29 is 13.9 Å². The van der Waals surface area contributed by atoms with Crippen LogP contribution in [0.15, 0.2) is 61.4 Å². The topological polar surface area (TPSA) is 96.3 Å². The summed E-state index contributed by atoms with van der Waals surface area (Å²) >= 11 is 0. The highest BCUT2D eigenvalue weighted by Crippen LogP contribution is 2.38. The molecule has 10 heteroatoms. The lowest BCUT2D eigenvalue weighted by molar-refractivity contribution is -0.111. The monoisotopic (exact) mass is 517 g/mol. The first-order chi connectivity index (χ1) is 18.3. The highest BCUT2D eigenvalue weighted by molar-refractivity contribution is 6.02. The summed E-state index contributed by atoms with van der Waals surface area (Å²) in [4.78, 5) is 23.3. The summed E-state index contributed by atoms with van der Waals surface area (Å²) in [5.74, 6) is 0.267. The Kier molecular flexibility index (Phi) is 8.22. The van der Waals surface area contributed by atoms with Gasteiger partial charge in [-0.1, -0.05) is 6.58 Å². The molecular weight excluding hydrogens is 485 g/mol. The first-order valence-electron chi connectivity index (χ1n) is 12.3. The van der Waals surface area contributed by atoms with Gasteiger partial charge in [-0.3, -0.25) is 4.79 Å². The van der Waals surface area contributed by atoms with E-state index in [9.17, 15) is 9.18 Å². The molecule has 0 aliphatic rings. The Morgan fingerprint density at radius 2 is 2.05 bits per heavy atom. The number of nitrogens with one attached hydrogen (secondary N) is 3. The van der Waals surface area contributed by atoms with E-state index in [-0.39, 0.29) is 11.7 Å². The number of ether oxygens (including phenoxy) is 1. The van der Waals surface area contributed by atoms with E-state index in [4.69, 9.17) is 9.72 Å². The number of hydrogen-bond acceptors (Lipinski definition) is 7. The third-order valence-corrected chi connectivity index (χ3v) is 6.08. The van der Waals surface area contributed by atoms with Crippen LogP contribution in [0, 0.1) is 5.82 Å². The molecule has 0 bridgehead atoms. The number of halogens is 1. The third-order valence-electron chi connectivity index (χ3n) is 6.08. The number of amides is 1. The molecule has 198 valence electrons. The molecule has 0 aliphatic carbocycles. The molecule has 3 N–H and O–H groups in total. The standard InChI is InChI=1S/C28H32FN7O2/c1-6-27(37)32-22-15-23(26(38-7-2)16-25(22)35(4)13-12-30-3)34-28-31-11-10-21(33-28)20-17-36(5)24-9-8-18(29)14-19(20)24/h6,8-11,14-17,30H,1,7,12-13H2,2-5H3,(H,32,37)(H,31,33,34). The van der Waals surface area contributed by atoms with E-state index in [1.807, 2.05) is 49.8 Å². The number of anilines is 4. The summed E-state index contributed by atoms with van der Waals surface area (Å²) in [6.45, 7) is 7.37. The summed E-state index contributed by atoms with van der Waals surface area (Å²) in [5.41, 5.74) is 4.28. The second kappa shape index (κ2) is 11.7. The molecule has 0 saturated heterocycles. The number of aromatic nitrogens is 3. The first-order valence-corrected chi connectivity index (χ1v) is 12.3. The second-order valence-corrected chi connectivity index (χ2v) is 8.72. The van der Waals surface area contributed by atoms with Crippen molar-refractivity contribution in [2.75, 3.05) is 49.3 Å². The van der Waals surface area contributed by atoms with Gasteiger partial charge >= 0.3 is 0 Å². The van der Waals surface area contributed by atoms with Crippen LogP contribution in [0.5, 0.6) is 5.75 Å². The van der Waals surface area contributed by atoms with Crippen molar-refractivity contribution >= 4 is 39.8 Å². The van der Waals surface area contributed by atoms with E-state index < -0.39 is 0 Å². The van der Waals surface area contributed by atoms with Crippen molar-refractivity contribution in [2.24, 2.45) is 7.05 Å². The van der Waals surface area contributed by atoms with Gasteiger partial charge in [-0.15, -0.1) is 0 Å². The van der Waals surface area contributed by atoms with E-state index in [0.29, 0.717) is 41.9 Å². The van der Waals surface area contributed by atoms with E-state index in [2.05, 4.69) is 27.5 Å². The molecule has 4 rings (SSSR count). The van der Waals surface area contributed by atoms with Crippen LogP contribution in [-0.2, 0) is 11.8 Å². The minimum absolute atomic E-state index is 0.312. The molecule has 2 aromatic carbocycles. The molecular formula is C28H32FN7O2. The highest BCUT2D eigenvalue weighted by atomic mass is 19.1. The van der Waals surface area contributed by atoms with Crippen LogP contribution in [0.3, 0.4) is 0 Å². The molecule has 0 fully saturated rings. The lowest BCUT2D eigenvalue weighted by atomic mass is 10.1. The Bertz CT molecular complexity index is 1470. The quantitative estimate of drug-likeness (QED) is 0.248. The zero-order valence-corrected chi connectivity index (χ0v) is 22.0. The molecule has 4 aromatic rings. The molecule has 0 aliphatic heterocycles. The summed E-state index contributed by atoms with van der Waals surface area (Å²) in [7, 11) is 5.74. The number of likely N-dealkylation sites (N-methyl/N-ethyl adjacent to an activating group) is 2. The molecule has 2 aromatic heterocycles. The van der Waals surface area contributed by atoms with E-state index in [1.165, 1.54) is 18.2 Å². The maximum absolute atomic E-state index is 14.0. The van der Waals surface area contributed by atoms with Crippen LogP contribution in [0.2, 0.25) is 0 Å². The van der Waals surface area contributed by atoms with E-state index >= 15 is 0 Å². The van der Waals surface area contributed by atoms with Gasteiger partial charge in [0.05, 0.1) is 29.4 Å². The van der Waals surface area contributed by atoms with Gasteiger partial charge in [0.15, 0.2) is 0 Å². The maximum Gasteiger partial charge on any atom is 0.247 e. The van der Waals surface area contributed by atoms with Gasteiger partial charge in [0, 0.05) is 62.1 Å². The number of hydrogen-bond donors (Lipinski definition) is 3. The lowest BCUT2D eigenvalue weighted by Crippen LogP contribution is -2.28. The van der Waals surface area contributed by atoms with Crippen molar-refractivity contribution in [3.8, 4) is 17.0 Å². The average molecular weight is 518 g/mol. The summed E-state index contributed by atoms with van der Waals surface area (Å²) in [6.07, 6.45) is 4.78. The number of aryl methyl sites for hydroxylation is 1. The first kappa shape index (κ1) is 26.6. The Hall–Kier alpha value is -4.44. The third kappa shape index (κ3) is 5.76. The van der Waals surface area contributed by atoms with Gasteiger partial charge in [-0.2, -0.15) is 0 Å². The second-order valence-electron chi connectivity index (χ2n) is 8.72. The van der Waals surface area contributed by atoms with Crippen molar-refractivity contribution in [3.63, 3.8) is 0 Å². The molecule has 0 atom stereocenters. The molecule has 1 amide bonds. The van der Waals surface area contributed by atoms with Crippen molar-refractivity contribution in [3.05, 3.63) is 67.3 Å². The Balaban J connectivity index is 1.74. The van der Waals surface area contributed by atoms with Crippen LogP contribution in [0.25, 0.3) is 22.2 Å². The largest absolute Gasteiger partial charge is 0.492 e. The zero-order valence-electron chi connectivity index (χ0n) is 22.0. The van der Waals surface area contributed by atoms with Crippen molar-refractivity contribution in [2.45, 2.75) is 6.92 Å². The molecule has 9 nitrogen and oxygen atoms in total. The Morgan fingerprint density at radius 3 is 2.79 bits per heavy atom. The van der Waals surface area contributed by atoms with Gasteiger partial charge in [0.25, 0.3) is 0 Å². The fraction of sp³-hybridized carbons (Fsp3) is 0.250. The number of carbonyl (C=O) groups excluding carboxylic acids is 1. The van der Waals surface area contributed by atoms with Crippen LogP contribution in [0.4, 0.5) is 27.4 Å². The average Bonchev–Trinajstić information content (AvgIpc) is 3.24. The van der Waals surface area contributed by atoms with Gasteiger partial charge in [-0.25, -0.2) is 14.4 Å². The summed E-state index contributed by atoms with van der Waals surface area (Å²) in [5, 5.41) is 10.0. The van der Waals surface area contributed by atoms with Crippen LogP contribution < -0.4 is 25.6 Å². The molecule has 2 heterocycles. The van der Waals surface area contributed by atoms with Gasteiger partial charge in [0.2, 0.25) is 11.9 Å². The summed E-state index contributed by atoms with van der Waals surface area (Å²) in [6, 6.07) is 10.1. The van der Waals surface area contributed by atoms with Crippen LogP contribution in [0.1, 0.15) is 6.92 Å². The van der Waals surface area contributed by atoms with Crippen molar-refractivity contribution in [1.29, 1.82) is 0 Å². The number of fused-ring (bicyclic) bond motifs is 1.